The Morgan fingerprint density at radius 1 is 1.44 bits per heavy atom. The first kappa shape index (κ1) is 15.4. The molecule has 0 spiro atoms. The fourth-order valence-corrected chi connectivity index (χ4v) is 2.96. The second-order valence-corrected chi connectivity index (χ2v) is 5.36. The van der Waals surface area contributed by atoms with Gasteiger partial charge in [0.05, 0.1) is 22.3 Å². The van der Waals surface area contributed by atoms with Gasteiger partial charge in [-0.05, 0) is 68.7 Å². The molecule has 0 aliphatic heterocycles. The third-order valence-electron chi connectivity index (χ3n) is 1.94. The summed E-state index contributed by atoms with van der Waals surface area (Å²) >= 11 is 11.8. The van der Waals surface area contributed by atoms with Crippen molar-refractivity contribution in [3.63, 3.8) is 0 Å². The van der Waals surface area contributed by atoms with Gasteiger partial charge in [-0.3, -0.25) is 5.43 Å². The minimum atomic E-state index is 0.500. The molecule has 0 bridgehead atoms. The number of nitrogens with zero attached hydrogens (tertiary/aromatic N) is 1. The molecule has 0 aliphatic rings. The van der Waals surface area contributed by atoms with Crippen LogP contribution in [0.1, 0.15) is 12.5 Å². The van der Waals surface area contributed by atoms with Gasteiger partial charge < -0.3 is 10.1 Å². The van der Waals surface area contributed by atoms with Gasteiger partial charge in [-0.15, -0.1) is 0 Å². The van der Waals surface area contributed by atoms with Gasteiger partial charge in [-0.25, -0.2) is 0 Å². The van der Waals surface area contributed by atoms with Crippen molar-refractivity contribution in [1.82, 2.24) is 10.7 Å². The highest BCUT2D eigenvalue weighted by molar-refractivity contribution is 9.11. The van der Waals surface area contributed by atoms with E-state index in [-0.39, 0.29) is 0 Å². The summed E-state index contributed by atoms with van der Waals surface area (Å²) in [5, 5.41) is 7.48. The van der Waals surface area contributed by atoms with Crippen LogP contribution in [0, 0.1) is 0 Å². The van der Waals surface area contributed by atoms with Crippen molar-refractivity contribution in [3.8, 4) is 5.75 Å². The van der Waals surface area contributed by atoms with Crippen LogP contribution in [-0.2, 0) is 0 Å². The molecule has 0 fully saturated rings. The molecule has 7 heteroatoms. The van der Waals surface area contributed by atoms with Gasteiger partial charge in [0, 0.05) is 6.54 Å². The maximum absolute atomic E-state index is 5.22. The monoisotopic (exact) mass is 393 g/mol. The van der Waals surface area contributed by atoms with E-state index in [0.717, 1.165) is 26.8 Å². The summed E-state index contributed by atoms with van der Waals surface area (Å²) in [6.45, 7) is 2.73. The first-order chi connectivity index (χ1) is 8.58. The van der Waals surface area contributed by atoms with E-state index >= 15 is 0 Å². The average Bonchev–Trinajstić information content (AvgIpc) is 2.29. The molecule has 0 heterocycles. The van der Waals surface area contributed by atoms with E-state index in [0.29, 0.717) is 5.11 Å². The van der Waals surface area contributed by atoms with E-state index in [9.17, 15) is 0 Å². The van der Waals surface area contributed by atoms with Gasteiger partial charge in [0.1, 0.15) is 5.75 Å². The van der Waals surface area contributed by atoms with Crippen molar-refractivity contribution in [2.75, 3.05) is 13.7 Å². The Hall–Kier alpha value is -0.660. The number of hydrazone groups is 1. The van der Waals surface area contributed by atoms with Gasteiger partial charge >= 0.3 is 0 Å². The maximum atomic E-state index is 5.22. The van der Waals surface area contributed by atoms with E-state index in [4.69, 9.17) is 17.0 Å². The van der Waals surface area contributed by atoms with Crippen LogP contribution < -0.4 is 15.5 Å². The summed E-state index contributed by atoms with van der Waals surface area (Å²) in [6.07, 6.45) is 1.68. The lowest BCUT2D eigenvalue weighted by Crippen LogP contribution is -2.31. The molecule has 0 unspecified atom stereocenters. The Morgan fingerprint density at radius 3 is 2.56 bits per heavy atom. The molecule has 1 aromatic carbocycles. The summed E-state index contributed by atoms with van der Waals surface area (Å²) in [5.41, 5.74) is 3.65. The fourth-order valence-electron chi connectivity index (χ4n) is 1.21. The number of thiocarbonyl (C=S) groups is 1. The predicted molar refractivity (Wildman–Crippen MR) is 85.4 cm³/mol. The summed E-state index contributed by atoms with van der Waals surface area (Å²) in [7, 11) is 1.62. The van der Waals surface area contributed by atoms with E-state index in [2.05, 4.69) is 47.7 Å². The third kappa shape index (κ3) is 4.55. The van der Waals surface area contributed by atoms with Crippen LogP contribution in [0.2, 0.25) is 0 Å². The molecule has 0 atom stereocenters. The van der Waals surface area contributed by atoms with E-state index in [1.165, 1.54) is 0 Å². The zero-order valence-electron chi connectivity index (χ0n) is 9.96. The highest BCUT2D eigenvalue weighted by Crippen LogP contribution is 2.33. The molecule has 0 saturated carbocycles. The molecule has 18 heavy (non-hydrogen) atoms. The Labute approximate surface area is 128 Å². The average molecular weight is 395 g/mol. The van der Waals surface area contributed by atoms with Crippen LogP contribution >= 0.6 is 44.1 Å². The molecule has 0 saturated heterocycles. The Bertz CT molecular complexity index is 443. The molecular formula is C11H13Br2N3OS. The number of ether oxygens (including phenoxy) is 1. The molecule has 0 aliphatic carbocycles. The largest absolute Gasteiger partial charge is 0.494 e. The molecule has 1 rings (SSSR count). The minimum Gasteiger partial charge on any atom is -0.494 e. The zero-order valence-corrected chi connectivity index (χ0v) is 13.9. The minimum absolute atomic E-state index is 0.500. The smallest absolute Gasteiger partial charge is 0.186 e. The summed E-state index contributed by atoms with van der Waals surface area (Å²) in [5.74, 6) is 0.753. The standard InChI is InChI=1S/C11H13Br2N3OS/c1-3-14-11(18)16-15-6-7-4-8(12)10(17-2)9(13)5-7/h4-6H,3H2,1-2H3,(H2,14,16,18)/b15-6+. The number of benzene rings is 1. The van der Waals surface area contributed by atoms with Crippen molar-refractivity contribution in [2.45, 2.75) is 6.92 Å². The van der Waals surface area contributed by atoms with Crippen LogP contribution in [0.25, 0.3) is 0 Å². The van der Waals surface area contributed by atoms with Gasteiger partial charge in [0.15, 0.2) is 5.11 Å². The molecule has 0 amide bonds. The van der Waals surface area contributed by atoms with Crippen molar-refractivity contribution in [2.24, 2.45) is 5.10 Å². The van der Waals surface area contributed by atoms with Crippen molar-refractivity contribution in [3.05, 3.63) is 26.6 Å². The van der Waals surface area contributed by atoms with Crippen LogP contribution in [-0.4, -0.2) is 25.0 Å². The first-order valence-corrected chi connectivity index (χ1v) is 7.17. The third-order valence-corrected chi connectivity index (χ3v) is 3.36. The van der Waals surface area contributed by atoms with Crippen molar-refractivity contribution >= 4 is 55.4 Å². The number of rotatable bonds is 4. The summed E-state index contributed by atoms with van der Waals surface area (Å²) in [6, 6.07) is 3.82. The van der Waals surface area contributed by atoms with Gasteiger partial charge in [-0.1, -0.05) is 0 Å². The van der Waals surface area contributed by atoms with Gasteiger partial charge in [0.25, 0.3) is 0 Å². The summed E-state index contributed by atoms with van der Waals surface area (Å²) < 4.78 is 6.93. The van der Waals surface area contributed by atoms with Crippen molar-refractivity contribution in [1.29, 1.82) is 0 Å². The van der Waals surface area contributed by atoms with E-state index in [1.54, 1.807) is 13.3 Å². The number of nitrogens with one attached hydrogen (secondary N) is 2. The first-order valence-electron chi connectivity index (χ1n) is 5.18. The highest BCUT2D eigenvalue weighted by atomic mass is 79.9. The summed E-state index contributed by atoms with van der Waals surface area (Å²) in [4.78, 5) is 0. The molecule has 4 nitrogen and oxygen atoms in total. The number of methoxy groups -OCH3 is 1. The zero-order chi connectivity index (χ0) is 13.5. The molecule has 98 valence electrons. The molecule has 0 radical (unpaired) electrons. The van der Waals surface area contributed by atoms with Gasteiger partial charge in [-0.2, -0.15) is 5.10 Å². The molecular weight excluding hydrogens is 382 g/mol. The normalized spacial score (nSPS) is 10.4. The van der Waals surface area contributed by atoms with E-state index in [1.807, 2.05) is 19.1 Å². The lowest BCUT2D eigenvalue weighted by Gasteiger charge is -2.07. The lowest BCUT2D eigenvalue weighted by molar-refractivity contribution is 0.409. The predicted octanol–water partition coefficient (Wildman–Crippen LogP) is 3.04. The SMILES string of the molecule is CCNC(=S)N/N=C/c1cc(Br)c(OC)c(Br)c1. The quantitative estimate of drug-likeness (QED) is 0.468. The second-order valence-electron chi connectivity index (χ2n) is 3.25. The van der Waals surface area contributed by atoms with Crippen LogP contribution in [0.3, 0.4) is 0 Å². The lowest BCUT2D eigenvalue weighted by atomic mass is 10.2. The Morgan fingerprint density at radius 2 is 2.06 bits per heavy atom. The Balaban J connectivity index is 2.74. The van der Waals surface area contributed by atoms with Crippen LogP contribution in [0.15, 0.2) is 26.2 Å². The topological polar surface area (TPSA) is 45.7 Å². The fraction of sp³-hybridized carbons (Fsp3) is 0.273. The number of hydrogen-bond acceptors (Lipinski definition) is 3. The Kier molecular flexibility index (Phi) is 6.59. The maximum Gasteiger partial charge on any atom is 0.186 e. The van der Waals surface area contributed by atoms with Gasteiger partial charge in [0.2, 0.25) is 0 Å². The van der Waals surface area contributed by atoms with Crippen LogP contribution in [0.5, 0.6) is 5.75 Å². The number of hydrogen-bond donors (Lipinski definition) is 2. The van der Waals surface area contributed by atoms with Crippen molar-refractivity contribution < 1.29 is 4.74 Å². The number of halogens is 2. The molecule has 0 aromatic heterocycles. The highest BCUT2D eigenvalue weighted by Gasteiger charge is 2.06. The molecule has 2 N–H and O–H groups in total. The second kappa shape index (κ2) is 7.70. The molecule has 1 aromatic rings. The van der Waals surface area contributed by atoms with Crippen LogP contribution in [0.4, 0.5) is 0 Å². The van der Waals surface area contributed by atoms with E-state index < -0.39 is 0 Å².